The highest BCUT2D eigenvalue weighted by Gasteiger charge is 2.11. The first kappa shape index (κ1) is 22.4. The molecule has 0 atom stereocenters. The summed E-state index contributed by atoms with van der Waals surface area (Å²) in [7, 11) is -1.83. The lowest BCUT2D eigenvalue weighted by atomic mass is 10.2. The van der Waals surface area contributed by atoms with E-state index in [1.165, 1.54) is 16.9 Å². The van der Waals surface area contributed by atoms with Gasteiger partial charge < -0.3 is 10.1 Å². The van der Waals surface area contributed by atoms with Gasteiger partial charge >= 0.3 is 0 Å². The zero-order valence-corrected chi connectivity index (χ0v) is 18.1. The first-order chi connectivity index (χ1) is 13.3. The van der Waals surface area contributed by atoms with Crippen molar-refractivity contribution in [1.82, 2.24) is 5.32 Å². The van der Waals surface area contributed by atoms with Gasteiger partial charge in [0.2, 0.25) is 10.0 Å². The summed E-state index contributed by atoms with van der Waals surface area (Å²) in [6.07, 6.45) is 1.13. The van der Waals surface area contributed by atoms with Crippen LogP contribution in [0, 0.1) is 0 Å². The highest BCUT2D eigenvalue weighted by atomic mass is 35.5. The number of carbonyl (C=O) groups is 1. The van der Waals surface area contributed by atoms with Gasteiger partial charge in [0.15, 0.2) is 6.61 Å². The summed E-state index contributed by atoms with van der Waals surface area (Å²) in [6, 6.07) is 14.2. The van der Waals surface area contributed by atoms with Gasteiger partial charge in [-0.3, -0.25) is 9.10 Å². The van der Waals surface area contributed by atoms with E-state index in [9.17, 15) is 13.2 Å². The molecule has 0 saturated heterocycles. The number of benzene rings is 2. The van der Waals surface area contributed by atoms with Gasteiger partial charge in [-0.2, -0.15) is 11.8 Å². The topological polar surface area (TPSA) is 75.7 Å². The van der Waals surface area contributed by atoms with Crippen molar-refractivity contribution in [2.24, 2.45) is 0 Å². The van der Waals surface area contributed by atoms with Crippen LogP contribution in [-0.4, -0.2) is 46.5 Å². The molecule has 0 saturated carbocycles. The molecule has 2 rings (SSSR count). The second-order valence-corrected chi connectivity index (χ2v) is 9.60. The molecular weight excluding hydrogens is 420 g/mol. The van der Waals surface area contributed by atoms with Crippen molar-refractivity contribution in [3.05, 3.63) is 59.1 Å². The molecule has 0 fully saturated rings. The van der Waals surface area contributed by atoms with Crippen LogP contribution in [0.25, 0.3) is 0 Å². The third-order valence-corrected chi connectivity index (χ3v) is 6.31. The van der Waals surface area contributed by atoms with Gasteiger partial charge in [0, 0.05) is 30.1 Å². The number of hydrogen-bond acceptors (Lipinski definition) is 5. The zero-order valence-electron chi connectivity index (χ0n) is 15.7. The summed E-state index contributed by atoms with van der Waals surface area (Å²) >= 11 is 7.57. The molecule has 1 amide bonds. The molecule has 0 heterocycles. The van der Waals surface area contributed by atoms with Crippen LogP contribution in [0.1, 0.15) is 5.56 Å². The maximum atomic E-state index is 11.8. The Morgan fingerprint density at radius 1 is 1.14 bits per heavy atom. The molecule has 6 nitrogen and oxygen atoms in total. The molecule has 0 aliphatic rings. The standard InChI is InChI=1S/C19H23ClN2O4S2/c1-22(28(2,24)25)17-7-9-18(10-8-17)26-13-19(23)21-11-12-27-14-15-3-5-16(20)6-4-15/h3-10H,11-14H2,1-2H3,(H,21,23). The zero-order chi connectivity index (χ0) is 20.6. The Kier molecular flexibility index (Phi) is 8.47. The summed E-state index contributed by atoms with van der Waals surface area (Å²) in [5.74, 6) is 1.95. The Hall–Kier alpha value is -1.90. The van der Waals surface area contributed by atoms with Gasteiger partial charge in [0.1, 0.15) is 5.75 Å². The molecule has 1 N–H and O–H groups in total. The van der Waals surface area contributed by atoms with Crippen molar-refractivity contribution in [2.45, 2.75) is 5.75 Å². The lowest BCUT2D eigenvalue weighted by Crippen LogP contribution is -2.30. The van der Waals surface area contributed by atoms with Crippen LogP contribution < -0.4 is 14.4 Å². The van der Waals surface area contributed by atoms with E-state index in [-0.39, 0.29) is 12.5 Å². The Bertz CT molecular complexity index is 872. The van der Waals surface area contributed by atoms with Gasteiger partial charge in [-0.05, 0) is 42.0 Å². The van der Waals surface area contributed by atoms with E-state index in [1.807, 2.05) is 24.3 Å². The lowest BCUT2D eigenvalue weighted by molar-refractivity contribution is -0.122. The van der Waals surface area contributed by atoms with E-state index in [4.69, 9.17) is 16.3 Å². The molecule has 0 aliphatic carbocycles. The van der Waals surface area contributed by atoms with Crippen molar-refractivity contribution in [3.8, 4) is 5.75 Å². The third-order valence-electron chi connectivity index (χ3n) is 3.82. The van der Waals surface area contributed by atoms with Gasteiger partial charge in [0.05, 0.1) is 11.9 Å². The van der Waals surface area contributed by atoms with Crippen LogP contribution in [0.15, 0.2) is 48.5 Å². The number of nitrogens with one attached hydrogen (secondary N) is 1. The summed E-state index contributed by atoms with van der Waals surface area (Å²) < 4.78 is 29.6. The van der Waals surface area contributed by atoms with E-state index in [0.717, 1.165) is 22.8 Å². The average molecular weight is 443 g/mol. The van der Waals surface area contributed by atoms with E-state index in [0.29, 0.717) is 18.0 Å². The molecule has 0 bridgehead atoms. The fraction of sp³-hybridized carbons (Fsp3) is 0.316. The summed E-state index contributed by atoms with van der Waals surface area (Å²) in [4.78, 5) is 11.8. The number of carbonyl (C=O) groups excluding carboxylic acids is 1. The number of rotatable bonds is 10. The number of hydrogen-bond donors (Lipinski definition) is 1. The molecule has 28 heavy (non-hydrogen) atoms. The molecule has 2 aromatic carbocycles. The van der Waals surface area contributed by atoms with E-state index >= 15 is 0 Å². The monoisotopic (exact) mass is 442 g/mol. The van der Waals surface area contributed by atoms with Crippen LogP contribution in [-0.2, 0) is 20.6 Å². The first-order valence-corrected chi connectivity index (χ1v) is 11.9. The summed E-state index contributed by atoms with van der Waals surface area (Å²) in [6.45, 7) is 0.460. The molecule has 9 heteroatoms. The Balaban J connectivity index is 1.65. The highest BCUT2D eigenvalue weighted by Crippen LogP contribution is 2.20. The minimum absolute atomic E-state index is 0.0941. The number of anilines is 1. The van der Waals surface area contributed by atoms with Crippen molar-refractivity contribution in [1.29, 1.82) is 0 Å². The number of amides is 1. The third kappa shape index (κ3) is 7.61. The Morgan fingerprint density at radius 3 is 2.39 bits per heavy atom. The molecule has 0 unspecified atom stereocenters. The largest absolute Gasteiger partial charge is 0.484 e. The molecule has 152 valence electrons. The minimum Gasteiger partial charge on any atom is -0.484 e. The van der Waals surface area contributed by atoms with Crippen molar-refractivity contribution in [2.75, 3.05) is 36.5 Å². The predicted molar refractivity (Wildman–Crippen MR) is 116 cm³/mol. The van der Waals surface area contributed by atoms with Crippen LogP contribution in [0.4, 0.5) is 5.69 Å². The summed E-state index contributed by atoms with van der Waals surface area (Å²) in [5.41, 5.74) is 1.71. The lowest BCUT2D eigenvalue weighted by Gasteiger charge is -2.16. The fourth-order valence-corrected chi connectivity index (χ4v) is 3.63. The maximum absolute atomic E-state index is 11.8. The molecule has 0 spiro atoms. The van der Waals surface area contributed by atoms with E-state index in [1.54, 1.807) is 36.0 Å². The highest BCUT2D eigenvalue weighted by molar-refractivity contribution is 7.98. The second-order valence-electron chi connectivity index (χ2n) is 6.04. The SMILES string of the molecule is CN(c1ccc(OCC(=O)NCCSCc2ccc(Cl)cc2)cc1)S(C)(=O)=O. The summed E-state index contributed by atoms with van der Waals surface area (Å²) in [5, 5.41) is 3.52. The average Bonchev–Trinajstić information content (AvgIpc) is 2.66. The van der Waals surface area contributed by atoms with Crippen molar-refractivity contribution in [3.63, 3.8) is 0 Å². The first-order valence-electron chi connectivity index (χ1n) is 8.51. The van der Waals surface area contributed by atoms with Crippen LogP contribution >= 0.6 is 23.4 Å². The van der Waals surface area contributed by atoms with Crippen molar-refractivity contribution >= 4 is 45.0 Å². The quantitative estimate of drug-likeness (QED) is 0.572. The van der Waals surface area contributed by atoms with Gasteiger partial charge in [0.25, 0.3) is 5.91 Å². The smallest absolute Gasteiger partial charge is 0.257 e. The Morgan fingerprint density at radius 2 is 1.79 bits per heavy atom. The molecule has 2 aromatic rings. The van der Waals surface area contributed by atoms with Crippen LogP contribution in [0.3, 0.4) is 0 Å². The second kappa shape index (κ2) is 10.6. The minimum atomic E-state index is -3.31. The van der Waals surface area contributed by atoms with Gasteiger partial charge in [-0.25, -0.2) is 8.42 Å². The normalized spacial score (nSPS) is 11.1. The molecule has 0 radical (unpaired) electrons. The van der Waals surface area contributed by atoms with Gasteiger partial charge in [-0.15, -0.1) is 0 Å². The van der Waals surface area contributed by atoms with Crippen LogP contribution in [0.5, 0.6) is 5.75 Å². The number of ether oxygens (including phenoxy) is 1. The number of nitrogens with zero attached hydrogens (tertiary/aromatic N) is 1. The Labute approximate surface area is 175 Å². The van der Waals surface area contributed by atoms with E-state index < -0.39 is 10.0 Å². The number of halogens is 1. The molecule has 0 aliphatic heterocycles. The molecular formula is C19H23ClN2O4S2. The van der Waals surface area contributed by atoms with Crippen molar-refractivity contribution < 1.29 is 17.9 Å². The molecule has 0 aromatic heterocycles. The number of sulfonamides is 1. The van der Waals surface area contributed by atoms with E-state index in [2.05, 4.69) is 5.32 Å². The number of thioether (sulfide) groups is 1. The van der Waals surface area contributed by atoms with Gasteiger partial charge in [-0.1, -0.05) is 23.7 Å². The van der Waals surface area contributed by atoms with Crippen LogP contribution in [0.2, 0.25) is 5.02 Å². The fourth-order valence-electron chi connectivity index (χ4n) is 2.18. The maximum Gasteiger partial charge on any atom is 0.257 e. The predicted octanol–water partition coefficient (Wildman–Crippen LogP) is 3.16.